The third kappa shape index (κ3) is 5.61. The van der Waals surface area contributed by atoms with Gasteiger partial charge in [-0.25, -0.2) is 9.18 Å². The maximum absolute atomic E-state index is 14.7. The molecule has 0 aliphatic carbocycles. The van der Waals surface area contributed by atoms with Crippen LogP contribution < -0.4 is 16.2 Å². The number of esters is 1. The minimum Gasteiger partial charge on any atom is -0.505 e. The van der Waals surface area contributed by atoms with E-state index < -0.39 is 35.2 Å². The molecule has 0 unspecified atom stereocenters. The summed E-state index contributed by atoms with van der Waals surface area (Å²) in [6, 6.07) is 11.1. The molecule has 3 N–H and O–H groups in total. The summed E-state index contributed by atoms with van der Waals surface area (Å²) in [5.74, 6) is -1.41. The van der Waals surface area contributed by atoms with Crippen LogP contribution in [0.4, 0.5) is 14.9 Å². The lowest BCUT2D eigenvalue weighted by atomic mass is 9.95. The largest absolute Gasteiger partial charge is 0.505 e. The number of carbonyl (C=O) groups is 2. The Morgan fingerprint density at radius 3 is 2.59 bits per heavy atom. The minimum absolute atomic E-state index is 0.156. The smallest absolute Gasteiger partial charge is 0.319 e. The number of ether oxygens (including phenoxy) is 1. The van der Waals surface area contributed by atoms with Crippen molar-refractivity contribution < 1.29 is 23.8 Å². The highest BCUT2D eigenvalue weighted by Crippen LogP contribution is 2.30. The number of pyridine rings is 1. The van der Waals surface area contributed by atoms with E-state index in [4.69, 9.17) is 4.74 Å². The molecule has 2 aromatic carbocycles. The van der Waals surface area contributed by atoms with Gasteiger partial charge in [-0.1, -0.05) is 30.3 Å². The summed E-state index contributed by atoms with van der Waals surface area (Å²) in [6.45, 7) is 3.68. The number of urea groups is 1. The molecule has 0 spiro atoms. The van der Waals surface area contributed by atoms with Gasteiger partial charge in [0.05, 0.1) is 19.1 Å². The Morgan fingerprint density at radius 1 is 1.15 bits per heavy atom. The molecule has 9 heteroatoms. The van der Waals surface area contributed by atoms with E-state index in [1.165, 1.54) is 36.0 Å². The van der Waals surface area contributed by atoms with E-state index in [0.29, 0.717) is 16.7 Å². The van der Waals surface area contributed by atoms with Crippen molar-refractivity contribution in [3.05, 3.63) is 82.0 Å². The first kappa shape index (κ1) is 24.5. The fourth-order valence-corrected chi connectivity index (χ4v) is 3.52. The maximum Gasteiger partial charge on any atom is 0.319 e. The van der Waals surface area contributed by atoms with Crippen LogP contribution in [-0.4, -0.2) is 28.3 Å². The number of halogens is 1. The van der Waals surface area contributed by atoms with Crippen molar-refractivity contribution in [1.82, 2.24) is 9.88 Å². The number of nitrogens with one attached hydrogen (secondary N) is 2. The number of hydrogen-bond acceptors (Lipinski definition) is 5. The highest BCUT2D eigenvalue weighted by Gasteiger charge is 2.22. The van der Waals surface area contributed by atoms with Crippen molar-refractivity contribution in [2.24, 2.45) is 7.05 Å². The summed E-state index contributed by atoms with van der Waals surface area (Å²) >= 11 is 0. The zero-order valence-corrected chi connectivity index (χ0v) is 19.1. The molecular formula is C25H26FN3O5. The number of aromatic hydroxyl groups is 1. The second kappa shape index (κ2) is 10.7. The molecule has 3 rings (SSSR count). The van der Waals surface area contributed by atoms with E-state index >= 15 is 0 Å². The standard InChI is InChI=1S/C25H26FN3O5/c1-4-34-22(31)14-20(27-25(33)28-23-21(30)11-12-29(3)24(23)32)16-9-10-19(26)18(13-16)17-8-6-5-7-15(17)2/h5-13,20,30H,4,14H2,1-3H3,(H2,27,28,33)/t20-/m0/s1. The zero-order valence-electron chi connectivity index (χ0n) is 19.1. The Balaban J connectivity index is 1.94. The Morgan fingerprint density at radius 2 is 1.88 bits per heavy atom. The molecule has 0 aliphatic heterocycles. The van der Waals surface area contributed by atoms with Gasteiger partial charge in [0.25, 0.3) is 5.56 Å². The fourth-order valence-electron chi connectivity index (χ4n) is 3.52. The molecule has 0 aliphatic rings. The summed E-state index contributed by atoms with van der Waals surface area (Å²) in [7, 11) is 1.47. The van der Waals surface area contributed by atoms with Gasteiger partial charge in [0.1, 0.15) is 11.6 Å². The molecule has 2 amide bonds. The highest BCUT2D eigenvalue weighted by molar-refractivity contribution is 5.91. The van der Waals surface area contributed by atoms with Crippen LogP contribution in [0.2, 0.25) is 0 Å². The monoisotopic (exact) mass is 467 g/mol. The number of anilines is 1. The number of hydrogen-bond donors (Lipinski definition) is 3. The van der Waals surface area contributed by atoms with Crippen LogP contribution in [0, 0.1) is 12.7 Å². The number of amides is 2. The average molecular weight is 467 g/mol. The van der Waals surface area contributed by atoms with Crippen molar-refractivity contribution >= 4 is 17.7 Å². The average Bonchev–Trinajstić information content (AvgIpc) is 2.80. The van der Waals surface area contributed by atoms with E-state index in [-0.39, 0.29) is 18.7 Å². The number of carbonyl (C=O) groups excluding carboxylic acids is 2. The number of aromatic nitrogens is 1. The molecular weight excluding hydrogens is 441 g/mol. The van der Waals surface area contributed by atoms with Crippen LogP contribution in [0.1, 0.15) is 30.5 Å². The SMILES string of the molecule is CCOC(=O)C[C@H](NC(=O)Nc1c(O)ccn(C)c1=O)c1ccc(F)c(-c2ccccc2C)c1. The Labute approximate surface area is 196 Å². The molecule has 0 radical (unpaired) electrons. The lowest BCUT2D eigenvalue weighted by Gasteiger charge is -2.20. The van der Waals surface area contributed by atoms with Gasteiger partial charge in [0.15, 0.2) is 5.69 Å². The molecule has 0 fully saturated rings. The second-order valence-electron chi connectivity index (χ2n) is 7.71. The summed E-state index contributed by atoms with van der Waals surface area (Å²) < 4.78 is 20.9. The van der Waals surface area contributed by atoms with E-state index in [1.807, 2.05) is 19.1 Å². The van der Waals surface area contributed by atoms with Crippen LogP contribution in [0.15, 0.2) is 59.5 Å². The van der Waals surface area contributed by atoms with E-state index in [9.17, 15) is 23.9 Å². The number of nitrogens with zero attached hydrogens (tertiary/aromatic N) is 1. The minimum atomic E-state index is -0.892. The molecule has 0 saturated heterocycles. The summed E-state index contributed by atoms with van der Waals surface area (Å²) in [5.41, 5.74) is 1.41. The number of aryl methyl sites for hydroxylation is 2. The van der Waals surface area contributed by atoms with Crippen molar-refractivity contribution in [1.29, 1.82) is 0 Å². The molecule has 1 heterocycles. The van der Waals surface area contributed by atoms with Crippen LogP contribution in [0.25, 0.3) is 11.1 Å². The third-order valence-corrected chi connectivity index (χ3v) is 5.29. The molecule has 3 aromatic rings. The number of benzene rings is 2. The number of rotatable bonds is 7. The van der Waals surface area contributed by atoms with Gasteiger partial charge in [0, 0.05) is 18.8 Å². The lowest BCUT2D eigenvalue weighted by Crippen LogP contribution is -2.36. The normalized spacial score (nSPS) is 11.5. The third-order valence-electron chi connectivity index (χ3n) is 5.29. The molecule has 34 heavy (non-hydrogen) atoms. The van der Waals surface area contributed by atoms with Crippen molar-refractivity contribution in [3.63, 3.8) is 0 Å². The predicted octanol–water partition coefficient (Wildman–Crippen LogP) is 4.02. The summed E-state index contributed by atoms with van der Waals surface area (Å²) in [4.78, 5) is 37.2. The lowest BCUT2D eigenvalue weighted by molar-refractivity contribution is -0.143. The first-order chi connectivity index (χ1) is 16.2. The molecule has 1 atom stereocenters. The van der Waals surface area contributed by atoms with Gasteiger partial charge < -0.3 is 25.0 Å². The molecule has 8 nitrogen and oxygen atoms in total. The molecule has 0 bridgehead atoms. The Bertz CT molecular complexity index is 1270. The van der Waals surface area contributed by atoms with E-state index in [1.54, 1.807) is 25.1 Å². The predicted molar refractivity (Wildman–Crippen MR) is 126 cm³/mol. The highest BCUT2D eigenvalue weighted by atomic mass is 19.1. The van der Waals surface area contributed by atoms with Gasteiger partial charge in [-0.15, -0.1) is 0 Å². The zero-order chi connectivity index (χ0) is 24.8. The van der Waals surface area contributed by atoms with Crippen molar-refractivity contribution in [2.45, 2.75) is 26.3 Å². The van der Waals surface area contributed by atoms with Crippen LogP contribution in [-0.2, 0) is 16.6 Å². The maximum atomic E-state index is 14.7. The summed E-state index contributed by atoms with van der Waals surface area (Å²) in [5, 5.41) is 14.9. The topological polar surface area (TPSA) is 110 Å². The Kier molecular flexibility index (Phi) is 7.68. The fraction of sp³-hybridized carbons (Fsp3) is 0.240. The van der Waals surface area contributed by atoms with Crippen molar-refractivity contribution in [3.8, 4) is 16.9 Å². The molecule has 1 aromatic heterocycles. The van der Waals surface area contributed by atoms with Gasteiger partial charge in [-0.05, 0) is 48.7 Å². The van der Waals surface area contributed by atoms with Gasteiger partial charge in [0.2, 0.25) is 0 Å². The van der Waals surface area contributed by atoms with Gasteiger partial charge in [-0.3, -0.25) is 9.59 Å². The first-order valence-electron chi connectivity index (χ1n) is 10.7. The summed E-state index contributed by atoms with van der Waals surface area (Å²) in [6.07, 6.45) is 1.13. The van der Waals surface area contributed by atoms with Crippen LogP contribution in [0.3, 0.4) is 0 Å². The first-order valence-corrected chi connectivity index (χ1v) is 10.7. The second-order valence-corrected chi connectivity index (χ2v) is 7.71. The Hall–Kier alpha value is -4.14. The van der Waals surface area contributed by atoms with E-state index in [0.717, 1.165) is 5.56 Å². The molecule has 178 valence electrons. The van der Waals surface area contributed by atoms with E-state index in [2.05, 4.69) is 10.6 Å². The van der Waals surface area contributed by atoms with Gasteiger partial charge >= 0.3 is 12.0 Å². The van der Waals surface area contributed by atoms with Crippen LogP contribution in [0.5, 0.6) is 5.75 Å². The molecule has 0 saturated carbocycles. The quantitative estimate of drug-likeness (QED) is 0.455. The van der Waals surface area contributed by atoms with Crippen LogP contribution >= 0.6 is 0 Å². The van der Waals surface area contributed by atoms with Crippen molar-refractivity contribution in [2.75, 3.05) is 11.9 Å². The van der Waals surface area contributed by atoms with Gasteiger partial charge in [-0.2, -0.15) is 0 Å².